The Labute approximate surface area is 163 Å². The normalized spacial score (nSPS) is 6.95. The van der Waals surface area contributed by atoms with Gasteiger partial charge in [0.25, 0.3) is 0 Å². The fourth-order valence-corrected chi connectivity index (χ4v) is 0.376. The Balaban J connectivity index is -0.0000000594. The third-order valence-corrected chi connectivity index (χ3v) is 0.956. The monoisotopic (exact) mass is 434 g/mol. The number of aliphatic hydroxyl groups is 2. The standard InChI is InChI=1S/2C4H8O4.CH4.2Y/c2*1-7-4(6)8-3-2-5;;;/h2*5H,2-3H2,1H3;1H4;;. The second kappa shape index (κ2) is 27.1. The summed E-state index contributed by atoms with van der Waals surface area (Å²) in [5.41, 5.74) is 0. The molecule has 0 aromatic heterocycles. The number of ether oxygens (including phenoxy) is 4. The van der Waals surface area contributed by atoms with Gasteiger partial charge in [0.05, 0.1) is 27.4 Å². The molecule has 19 heavy (non-hydrogen) atoms. The molecule has 0 aliphatic heterocycles. The van der Waals surface area contributed by atoms with E-state index in [2.05, 4.69) is 18.9 Å². The minimum absolute atomic E-state index is 0. The van der Waals surface area contributed by atoms with Crippen molar-refractivity contribution in [2.45, 2.75) is 7.43 Å². The molecular formula is C9H20O8Y2. The summed E-state index contributed by atoms with van der Waals surface area (Å²) < 4.78 is 16.6. The zero-order valence-corrected chi connectivity index (χ0v) is 16.0. The molecule has 0 fully saturated rings. The average molecular weight is 434 g/mol. The van der Waals surface area contributed by atoms with Crippen molar-refractivity contribution in [3.63, 3.8) is 0 Å². The van der Waals surface area contributed by atoms with Crippen LogP contribution in [0.2, 0.25) is 0 Å². The number of hydrogen-bond acceptors (Lipinski definition) is 8. The molecule has 2 N–H and O–H groups in total. The van der Waals surface area contributed by atoms with Crippen LogP contribution in [0.3, 0.4) is 0 Å². The quantitative estimate of drug-likeness (QED) is 0.603. The summed E-state index contributed by atoms with van der Waals surface area (Å²) in [6, 6.07) is 0. The van der Waals surface area contributed by atoms with E-state index in [1.807, 2.05) is 0 Å². The minimum Gasteiger partial charge on any atom is -0.438 e. The molecule has 0 aromatic rings. The first kappa shape index (κ1) is 31.9. The molecule has 0 amide bonds. The molecule has 0 saturated carbocycles. The number of methoxy groups -OCH3 is 2. The van der Waals surface area contributed by atoms with E-state index in [1.54, 1.807) is 0 Å². The van der Waals surface area contributed by atoms with Crippen LogP contribution in [0.4, 0.5) is 9.59 Å². The topological polar surface area (TPSA) is 112 Å². The maximum Gasteiger partial charge on any atom is 0.508 e. The van der Waals surface area contributed by atoms with Crippen LogP contribution in [-0.2, 0) is 84.4 Å². The van der Waals surface area contributed by atoms with Gasteiger partial charge >= 0.3 is 12.3 Å². The first-order valence-corrected chi connectivity index (χ1v) is 4.25. The third kappa shape index (κ3) is 32.3. The second-order valence-corrected chi connectivity index (χ2v) is 2.05. The van der Waals surface area contributed by atoms with Crippen molar-refractivity contribution in [2.24, 2.45) is 0 Å². The average Bonchev–Trinajstić information content (AvgIpc) is 2.33. The first-order valence-electron chi connectivity index (χ1n) is 4.25. The zero-order valence-electron chi connectivity index (χ0n) is 10.3. The van der Waals surface area contributed by atoms with Gasteiger partial charge in [-0.1, -0.05) is 7.43 Å². The molecule has 0 rings (SSSR count). The van der Waals surface area contributed by atoms with Gasteiger partial charge in [-0.3, -0.25) is 0 Å². The summed E-state index contributed by atoms with van der Waals surface area (Å²) in [5.74, 6) is 0. The van der Waals surface area contributed by atoms with Crippen molar-refractivity contribution >= 4 is 12.3 Å². The zero-order chi connectivity index (χ0) is 12.8. The molecule has 0 aliphatic rings. The van der Waals surface area contributed by atoms with Crippen molar-refractivity contribution in [2.75, 3.05) is 40.6 Å². The van der Waals surface area contributed by atoms with Crippen molar-refractivity contribution < 1.29 is 104 Å². The van der Waals surface area contributed by atoms with Crippen molar-refractivity contribution in [1.82, 2.24) is 0 Å². The Morgan fingerprint density at radius 3 is 1.26 bits per heavy atom. The van der Waals surface area contributed by atoms with Gasteiger partial charge in [-0.2, -0.15) is 0 Å². The van der Waals surface area contributed by atoms with Crippen LogP contribution in [0.5, 0.6) is 0 Å². The molecular weight excluding hydrogens is 414 g/mol. The van der Waals surface area contributed by atoms with E-state index >= 15 is 0 Å². The van der Waals surface area contributed by atoms with Crippen molar-refractivity contribution in [3.05, 3.63) is 0 Å². The molecule has 0 aliphatic carbocycles. The fourth-order valence-electron chi connectivity index (χ4n) is 0.376. The molecule has 0 atom stereocenters. The van der Waals surface area contributed by atoms with Crippen LogP contribution in [0.1, 0.15) is 7.43 Å². The van der Waals surface area contributed by atoms with E-state index in [4.69, 9.17) is 10.2 Å². The summed E-state index contributed by atoms with van der Waals surface area (Å²) in [5, 5.41) is 16.2. The number of rotatable bonds is 4. The summed E-state index contributed by atoms with van der Waals surface area (Å²) in [4.78, 5) is 20.0. The Morgan fingerprint density at radius 2 is 1.11 bits per heavy atom. The van der Waals surface area contributed by atoms with E-state index in [1.165, 1.54) is 14.2 Å². The molecule has 2 radical (unpaired) electrons. The molecule has 0 aromatic carbocycles. The van der Waals surface area contributed by atoms with Crippen molar-refractivity contribution in [1.29, 1.82) is 0 Å². The Kier molecular flexibility index (Phi) is 45.4. The fraction of sp³-hybridized carbons (Fsp3) is 0.778. The number of carbonyl (C=O) groups is 2. The molecule has 10 heteroatoms. The maximum absolute atomic E-state index is 10.0. The Hall–Kier alpha value is 0.668. The third-order valence-electron chi connectivity index (χ3n) is 0.956. The number of aliphatic hydroxyl groups excluding tert-OH is 2. The van der Waals surface area contributed by atoms with Crippen LogP contribution in [0, 0.1) is 0 Å². The van der Waals surface area contributed by atoms with E-state index in [0.717, 1.165) is 0 Å². The molecule has 0 bridgehead atoms. The molecule has 0 saturated heterocycles. The van der Waals surface area contributed by atoms with Crippen molar-refractivity contribution in [3.8, 4) is 0 Å². The van der Waals surface area contributed by atoms with E-state index < -0.39 is 12.3 Å². The molecule has 0 spiro atoms. The van der Waals surface area contributed by atoms with E-state index in [9.17, 15) is 9.59 Å². The van der Waals surface area contributed by atoms with Gasteiger partial charge in [-0.25, -0.2) is 9.59 Å². The van der Waals surface area contributed by atoms with E-state index in [-0.39, 0.29) is 99.3 Å². The Bertz CT molecular complexity index is 171. The maximum atomic E-state index is 10.0. The van der Waals surface area contributed by atoms with Gasteiger partial charge in [0.15, 0.2) is 0 Å². The van der Waals surface area contributed by atoms with Crippen LogP contribution in [-0.4, -0.2) is 63.2 Å². The van der Waals surface area contributed by atoms with Gasteiger partial charge in [0, 0.05) is 65.4 Å². The number of carbonyl (C=O) groups excluding carboxylic acids is 2. The van der Waals surface area contributed by atoms with Crippen LogP contribution < -0.4 is 0 Å². The van der Waals surface area contributed by atoms with Gasteiger partial charge in [-0.05, 0) is 0 Å². The largest absolute Gasteiger partial charge is 0.508 e. The van der Waals surface area contributed by atoms with Gasteiger partial charge in [-0.15, -0.1) is 0 Å². The van der Waals surface area contributed by atoms with Gasteiger partial charge < -0.3 is 29.2 Å². The second-order valence-electron chi connectivity index (χ2n) is 2.05. The molecule has 0 heterocycles. The number of hydrogen-bond donors (Lipinski definition) is 2. The minimum atomic E-state index is -0.765. The SMILES string of the molecule is C.COC(=O)OCCO.COC(=O)OCCO.[Y].[Y]. The van der Waals surface area contributed by atoms with Crippen LogP contribution in [0.15, 0.2) is 0 Å². The Morgan fingerprint density at radius 1 is 0.842 bits per heavy atom. The summed E-state index contributed by atoms with van der Waals surface area (Å²) in [7, 11) is 2.42. The molecule has 110 valence electrons. The summed E-state index contributed by atoms with van der Waals surface area (Å²) >= 11 is 0. The molecule has 8 nitrogen and oxygen atoms in total. The van der Waals surface area contributed by atoms with Crippen LogP contribution in [0.25, 0.3) is 0 Å². The van der Waals surface area contributed by atoms with Crippen LogP contribution >= 0.6 is 0 Å². The smallest absolute Gasteiger partial charge is 0.438 e. The predicted octanol–water partition coefficient (Wildman–Crippen LogP) is 0.155. The van der Waals surface area contributed by atoms with Gasteiger partial charge in [0.2, 0.25) is 0 Å². The summed E-state index contributed by atoms with van der Waals surface area (Å²) in [6.07, 6.45) is -1.53. The molecule has 0 unspecified atom stereocenters. The predicted molar refractivity (Wildman–Crippen MR) is 57.6 cm³/mol. The first-order chi connectivity index (χ1) is 7.62. The van der Waals surface area contributed by atoms with E-state index in [0.29, 0.717) is 0 Å². The van der Waals surface area contributed by atoms with Gasteiger partial charge in [0.1, 0.15) is 13.2 Å². The summed E-state index contributed by atoms with van der Waals surface area (Å²) in [6.45, 7) is -0.358.